The van der Waals surface area contributed by atoms with Gasteiger partial charge >= 0.3 is 0 Å². The number of hydrogen-bond donors (Lipinski definition) is 1. The van der Waals surface area contributed by atoms with Gasteiger partial charge in [0.2, 0.25) is 0 Å². The first-order valence-corrected chi connectivity index (χ1v) is 6.06. The van der Waals surface area contributed by atoms with Gasteiger partial charge in [0, 0.05) is 17.8 Å². The second kappa shape index (κ2) is 4.41. The standard InChI is InChI=1S/C15H13F2N/c16-12-5-6-14(17)13(9-12)11-4-3-10-2-1-7-18-15(10)8-11/h3-6,8-9,18H,1-2,7H2. The fraction of sp³-hybridized carbons (Fsp3) is 0.200. The Hall–Kier alpha value is -1.90. The summed E-state index contributed by atoms with van der Waals surface area (Å²) < 4.78 is 26.9. The van der Waals surface area contributed by atoms with E-state index in [9.17, 15) is 8.78 Å². The molecule has 1 heterocycles. The number of aryl methyl sites for hydroxylation is 1. The summed E-state index contributed by atoms with van der Waals surface area (Å²) in [5.41, 5.74) is 3.29. The minimum absolute atomic E-state index is 0.310. The Bertz CT molecular complexity index is 593. The predicted octanol–water partition coefficient (Wildman–Crippen LogP) is 3.99. The quantitative estimate of drug-likeness (QED) is 0.801. The van der Waals surface area contributed by atoms with Gasteiger partial charge in [0.15, 0.2) is 0 Å². The molecule has 1 aliphatic heterocycles. The molecule has 0 aliphatic carbocycles. The first-order chi connectivity index (χ1) is 8.74. The number of anilines is 1. The largest absolute Gasteiger partial charge is 0.385 e. The predicted molar refractivity (Wildman–Crippen MR) is 68.6 cm³/mol. The molecular formula is C15H13F2N. The lowest BCUT2D eigenvalue weighted by molar-refractivity contribution is 0.603. The Morgan fingerprint density at radius 1 is 1.00 bits per heavy atom. The number of halogens is 2. The zero-order chi connectivity index (χ0) is 12.5. The first kappa shape index (κ1) is 11.2. The van der Waals surface area contributed by atoms with Gasteiger partial charge in [0.25, 0.3) is 0 Å². The van der Waals surface area contributed by atoms with Crippen LogP contribution in [0.2, 0.25) is 0 Å². The lowest BCUT2D eigenvalue weighted by Gasteiger charge is -2.19. The number of nitrogens with one attached hydrogen (secondary N) is 1. The van der Waals surface area contributed by atoms with Crippen molar-refractivity contribution in [3.8, 4) is 11.1 Å². The number of hydrogen-bond acceptors (Lipinski definition) is 1. The van der Waals surface area contributed by atoms with E-state index in [1.807, 2.05) is 18.2 Å². The highest BCUT2D eigenvalue weighted by molar-refractivity contribution is 5.71. The van der Waals surface area contributed by atoms with Crippen LogP contribution in [0.4, 0.5) is 14.5 Å². The number of rotatable bonds is 1. The van der Waals surface area contributed by atoms with E-state index in [1.165, 1.54) is 11.6 Å². The average Bonchev–Trinajstić information content (AvgIpc) is 2.41. The molecule has 0 bridgehead atoms. The van der Waals surface area contributed by atoms with Gasteiger partial charge in [-0.05, 0) is 48.2 Å². The highest BCUT2D eigenvalue weighted by Crippen LogP contribution is 2.30. The lowest BCUT2D eigenvalue weighted by Crippen LogP contribution is -2.11. The van der Waals surface area contributed by atoms with Crippen molar-refractivity contribution in [2.24, 2.45) is 0 Å². The molecule has 2 aromatic carbocycles. The Labute approximate surface area is 104 Å². The van der Waals surface area contributed by atoms with Crippen molar-refractivity contribution >= 4 is 5.69 Å². The van der Waals surface area contributed by atoms with Crippen LogP contribution < -0.4 is 5.32 Å². The van der Waals surface area contributed by atoms with E-state index in [1.54, 1.807) is 0 Å². The van der Waals surface area contributed by atoms with E-state index < -0.39 is 11.6 Å². The topological polar surface area (TPSA) is 12.0 Å². The molecule has 3 rings (SSSR count). The summed E-state index contributed by atoms with van der Waals surface area (Å²) in [5, 5.41) is 3.29. The molecule has 0 saturated carbocycles. The molecule has 0 aromatic heterocycles. The van der Waals surface area contributed by atoms with Crippen molar-refractivity contribution in [1.82, 2.24) is 0 Å². The zero-order valence-electron chi connectivity index (χ0n) is 9.84. The van der Waals surface area contributed by atoms with Crippen molar-refractivity contribution < 1.29 is 8.78 Å². The van der Waals surface area contributed by atoms with Crippen LogP contribution in [0, 0.1) is 11.6 Å². The molecule has 0 atom stereocenters. The third-order valence-corrected chi connectivity index (χ3v) is 3.29. The highest BCUT2D eigenvalue weighted by atomic mass is 19.1. The zero-order valence-corrected chi connectivity index (χ0v) is 9.84. The second-order valence-corrected chi connectivity index (χ2v) is 4.53. The Morgan fingerprint density at radius 3 is 2.78 bits per heavy atom. The molecule has 18 heavy (non-hydrogen) atoms. The van der Waals surface area contributed by atoms with Crippen LogP contribution in [0.5, 0.6) is 0 Å². The van der Waals surface area contributed by atoms with Gasteiger partial charge in [-0.25, -0.2) is 8.78 Å². The molecule has 2 aromatic rings. The normalized spacial score (nSPS) is 13.9. The van der Waals surface area contributed by atoms with Crippen LogP contribution in [0.3, 0.4) is 0 Å². The van der Waals surface area contributed by atoms with Gasteiger partial charge in [-0.3, -0.25) is 0 Å². The Kier molecular flexibility index (Phi) is 2.74. The minimum atomic E-state index is -0.419. The average molecular weight is 245 g/mol. The molecule has 1 aliphatic rings. The van der Waals surface area contributed by atoms with E-state index in [-0.39, 0.29) is 0 Å². The summed E-state index contributed by atoms with van der Waals surface area (Å²) in [6, 6.07) is 9.27. The van der Waals surface area contributed by atoms with Crippen LogP contribution in [0.25, 0.3) is 11.1 Å². The van der Waals surface area contributed by atoms with Gasteiger partial charge in [-0.1, -0.05) is 12.1 Å². The number of benzene rings is 2. The molecule has 0 radical (unpaired) electrons. The van der Waals surface area contributed by atoms with Gasteiger partial charge in [-0.15, -0.1) is 0 Å². The molecule has 0 fully saturated rings. The molecule has 1 nitrogen and oxygen atoms in total. The van der Waals surface area contributed by atoms with Gasteiger partial charge in [-0.2, -0.15) is 0 Å². The fourth-order valence-electron chi connectivity index (χ4n) is 2.35. The van der Waals surface area contributed by atoms with Crippen LogP contribution in [0.15, 0.2) is 36.4 Å². The monoisotopic (exact) mass is 245 g/mol. The molecular weight excluding hydrogens is 232 g/mol. The third-order valence-electron chi connectivity index (χ3n) is 3.29. The minimum Gasteiger partial charge on any atom is -0.385 e. The molecule has 0 saturated heterocycles. The van der Waals surface area contributed by atoms with E-state index in [2.05, 4.69) is 5.32 Å². The summed E-state index contributed by atoms with van der Waals surface area (Å²) in [7, 11) is 0. The second-order valence-electron chi connectivity index (χ2n) is 4.53. The van der Waals surface area contributed by atoms with E-state index >= 15 is 0 Å². The van der Waals surface area contributed by atoms with Crippen molar-refractivity contribution in [2.45, 2.75) is 12.8 Å². The Balaban J connectivity index is 2.09. The Morgan fingerprint density at radius 2 is 1.89 bits per heavy atom. The molecule has 0 unspecified atom stereocenters. The van der Waals surface area contributed by atoms with Crippen molar-refractivity contribution in [3.05, 3.63) is 53.6 Å². The maximum atomic E-state index is 13.7. The molecule has 3 heteroatoms. The lowest BCUT2D eigenvalue weighted by atomic mass is 9.97. The van der Waals surface area contributed by atoms with Crippen molar-refractivity contribution in [1.29, 1.82) is 0 Å². The van der Waals surface area contributed by atoms with E-state index in [4.69, 9.17) is 0 Å². The third kappa shape index (κ3) is 1.96. The maximum absolute atomic E-state index is 13.7. The van der Waals surface area contributed by atoms with Gasteiger partial charge in [0.1, 0.15) is 11.6 Å². The van der Waals surface area contributed by atoms with Gasteiger partial charge in [0.05, 0.1) is 0 Å². The van der Waals surface area contributed by atoms with Crippen LogP contribution in [0.1, 0.15) is 12.0 Å². The summed E-state index contributed by atoms with van der Waals surface area (Å²) in [6.45, 7) is 0.933. The first-order valence-electron chi connectivity index (χ1n) is 6.06. The van der Waals surface area contributed by atoms with Crippen molar-refractivity contribution in [3.63, 3.8) is 0 Å². The van der Waals surface area contributed by atoms with Crippen LogP contribution >= 0.6 is 0 Å². The van der Waals surface area contributed by atoms with E-state index in [0.29, 0.717) is 11.1 Å². The highest BCUT2D eigenvalue weighted by Gasteiger charge is 2.12. The molecule has 0 amide bonds. The molecule has 92 valence electrons. The molecule has 0 spiro atoms. The summed E-state index contributed by atoms with van der Waals surface area (Å²) in [4.78, 5) is 0. The summed E-state index contributed by atoms with van der Waals surface area (Å²) in [5.74, 6) is -0.816. The maximum Gasteiger partial charge on any atom is 0.131 e. The smallest absolute Gasteiger partial charge is 0.131 e. The van der Waals surface area contributed by atoms with Crippen molar-refractivity contribution in [2.75, 3.05) is 11.9 Å². The van der Waals surface area contributed by atoms with E-state index in [0.717, 1.165) is 37.2 Å². The fourth-order valence-corrected chi connectivity index (χ4v) is 2.35. The molecule has 1 N–H and O–H groups in total. The SMILES string of the molecule is Fc1ccc(F)c(-c2ccc3c(c2)NCCC3)c1. The number of fused-ring (bicyclic) bond motifs is 1. The van der Waals surface area contributed by atoms with Crippen LogP contribution in [-0.2, 0) is 6.42 Å². The summed E-state index contributed by atoms with van der Waals surface area (Å²) in [6.07, 6.45) is 2.15. The van der Waals surface area contributed by atoms with Gasteiger partial charge < -0.3 is 5.32 Å². The van der Waals surface area contributed by atoms with Crippen LogP contribution in [-0.4, -0.2) is 6.54 Å². The summed E-state index contributed by atoms with van der Waals surface area (Å²) >= 11 is 0.